The molecule has 0 fully saturated rings. The lowest BCUT2D eigenvalue weighted by atomic mass is 10.0. The molecule has 0 bridgehead atoms. The van der Waals surface area contributed by atoms with Crippen LogP contribution in [0.1, 0.15) is 5.56 Å². The van der Waals surface area contributed by atoms with Gasteiger partial charge >= 0.3 is 0 Å². The van der Waals surface area contributed by atoms with E-state index in [9.17, 15) is 5.11 Å². The van der Waals surface area contributed by atoms with Crippen LogP contribution in [-0.4, -0.2) is 16.3 Å². The smallest absolute Gasteiger partial charge is 0.227 e. The van der Waals surface area contributed by atoms with Crippen molar-refractivity contribution in [2.24, 2.45) is 4.99 Å². The Morgan fingerprint density at radius 3 is 2.72 bits per heavy atom. The predicted octanol–water partition coefficient (Wildman–Crippen LogP) is 6.87. The minimum Gasteiger partial charge on any atom is -0.507 e. The molecule has 4 aromatic carbocycles. The fourth-order valence-corrected chi connectivity index (χ4v) is 3.70. The molecular weight excluding hydrogens is 428 g/mol. The highest BCUT2D eigenvalue weighted by Crippen LogP contribution is 2.30. The number of phenols is 1. The molecular formula is C24H15BrN2O2. The number of oxazole rings is 1. The van der Waals surface area contributed by atoms with Crippen LogP contribution < -0.4 is 0 Å². The highest BCUT2D eigenvalue weighted by atomic mass is 79.9. The number of fused-ring (bicyclic) bond motifs is 2. The highest BCUT2D eigenvalue weighted by Gasteiger charge is 2.09. The molecule has 1 aromatic heterocycles. The lowest BCUT2D eigenvalue weighted by Gasteiger charge is -2.04. The zero-order valence-electron chi connectivity index (χ0n) is 15.2. The number of halogens is 1. The molecule has 0 saturated carbocycles. The summed E-state index contributed by atoms with van der Waals surface area (Å²) in [5, 5.41) is 12.3. The second-order valence-electron chi connectivity index (χ2n) is 6.66. The molecule has 0 spiro atoms. The first-order valence-electron chi connectivity index (χ1n) is 9.09. The highest BCUT2D eigenvalue weighted by molar-refractivity contribution is 9.10. The Kier molecular flexibility index (Phi) is 4.37. The van der Waals surface area contributed by atoms with E-state index in [2.05, 4.69) is 25.9 Å². The standard InChI is InChI=1S/C24H15BrN2O2/c25-17-6-3-5-16(12-17)24-27-21-13-18(9-11-23(21)29-24)26-14-20-19-7-2-1-4-15(19)8-10-22(20)28/h1-14,28H. The summed E-state index contributed by atoms with van der Waals surface area (Å²) in [5.74, 6) is 0.765. The van der Waals surface area contributed by atoms with E-state index in [1.165, 1.54) is 0 Å². The minimum atomic E-state index is 0.201. The van der Waals surface area contributed by atoms with Crippen molar-refractivity contribution in [3.63, 3.8) is 0 Å². The van der Waals surface area contributed by atoms with Crippen molar-refractivity contribution in [2.75, 3.05) is 0 Å². The molecule has 140 valence electrons. The third kappa shape index (κ3) is 3.41. The van der Waals surface area contributed by atoms with Gasteiger partial charge in [0.15, 0.2) is 5.58 Å². The van der Waals surface area contributed by atoms with Crippen molar-refractivity contribution < 1.29 is 9.52 Å². The van der Waals surface area contributed by atoms with E-state index in [0.29, 0.717) is 17.0 Å². The Balaban J connectivity index is 1.53. The summed E-state index contributed by atoms with van der Waals surface area (Å²) in [6.45, 7) is 0. The summed E-state index contributed by atoms with van der Waals surface area (Å²) in [6, 6.07) is 24.9. The van der Waals surface area contributed by atoms with Crippen molar-refractivity contribution in [1.29, 1.82) is 0 Å². The lowest BCUT2D eigenvalue weighted by Crippen LogP contribution is -1.85. The molecule has 0 aliphatic carbocycles. The summed E-state index contributed by atoms with van der Waals surface area (Å²) in [5.41, 5.74) is 3.77. The van der Waals surface area contributed by atoms with Crippen LogP contribution in [-0.2, 0) is 0 Å². The normalized spacial score (nSPS) is 11.6. The van der Waals surface area contributed by atoms with Crippen molar-refractivity contribution in [3.8, 4) is 17.2 Å². The zero-order valence-corrected chi connectivity index (χ0v) is 16.8. The summed E-state index contributed by atoms with van der Waals surface area (Å²) in [7, 11) is 0. The van der Waals surface area contributed by atoms with Crippen molar-refractivity contribution in [3.05, 3.63) is 88.9 Å². The van der Waals surface area contributed by atoms with Gasteiger partial charge in [-0.1, -0.05) is 52.3 Å². The summed E-state index contributed by atoms with van der Waals surface area (Å²) < 4.78 is 6.85. The molecule has 4 nitrogen and oxygen atoms in total. The van der Waals surface area contributed by atoms with Crippen LogP contribution in [0.5, 0.6) is 5.75 Å². The number of hydrogen-bond acceptors (Lipinski definition) is 4. The maximum atomic E-state index is 10.3. The molecule has 0 amide bonds. The number of nitrogens with zero attached hydrogens (tertiary/aromatic N) is 2. The Morgan fingerprint density at radius 1 is 0.931 bits per heavy atom. The molecule has 5 aromatic rings. The van der Waals surface area contributed by atoms with Crippen LogP contribution in [0.3, 0.4) is 0 Å². The van der Waals surface area contributed by atoms with E-state index in [0.717, 1.165) is 32.0 Å². The van der Waals surface area contributed by atoms with Crippen molar-refractivity contribution in [1.82, 2.24) is 4.98 Å². The number of aliphatic imine (C=N–C) groups is 1. The number of aromatic hydroxyl groups is 1. The quantitative estimate of drug-likeness (QED) is 0.310. The van der Waals surface area contributed by atoms with Crippen LogP contribution in [0.4, 0.5) is 5.69 Å². The molecule has 0 unspecified atom stereocenters. The van der Waals surface area contributed by atoms with E-state index in [4.69, 9.17) is 4.42 Å². The molecule has 0 radical (unpaired) electrons. The minimum absolute atomic E-state index is 0.201. The Bertz CT molecular complexity index is 1390. The van der Waals surface area contributed by atoms with Crippen LogP contribution in [0.15, 0.2) is 92.7 Å². The average molecular weight is 443 g/mol. The number of aromatic nitrogens is 1. The van der Waals surface area contributed by atoms with Gasteiger partial charge in [-0.15, -0.1) is 0 Å². The van der Waals surface area contributed by atoms with Crippen LogP contribution in [0.25, 0.3) is 33.3 Å². The third-order valence-electron chi connectivity index (χ3n) is 4.73. The van der Waals surface area contributed by atoms with Crippen LogP contribution in [0, 0.1) is 0 Å². The number of rotatable bonds is 3. The first-order valence-corrected chi connectivity index (χ1v) is 9.88. The first kappa shape index (κ1) is 17.6. The molecule has 0 saturated heterocycles. The average Bonchev–Trinajstić information content (AvgIpc) is 3.16. The number of hydrogen-bond donors (Lipinski definition) is 1. The summed E-state index contributed by atoms with van der Waals surface area (Å²) >= 11 is 3.47. The third-order valence-corrected chi connectivity index (χ3v) is 5.23. The largest absolute Gasteiger partial charge is 0.507 e. The monoisotopic (exact) mass is 442 g/mol. The van der Waals surface area contributed by atoms with E-state index in [-0.39, 0.29) is 5.75 Å². The van der Waals surface area contributed by atoms with Gasteiger partial charge in [0.2, 0.25) is 5.89 Å². The zero-order chi connectivity index (χ0) is 19.8. The number of phenolic OH excluding ortho intramolecular Hbond substituents is 1. The van der Waals surface area contributed by atoms with Gasteiger partial charge in [0.05, 0.1) is 5.69 Å². The maximum absolute atomic E-state index is 10.3. The second kappa shape index (κ2) is 7.18. The Labute approximate surface area is 175 Å². The summed E-state index contributed by atoms with van der Waals surface area (Å²) in [6.07, 6.45) is 1.69. The van der Waals surface area contributed by atoms with Crippen molar-refractivity contribution >= 4 is 49.7 Å². The van der Waals surface area contributed by atoms with Gasteiger partial charge in [-0.25, -0.2) is 4.98 Å². The van der Waals surface area contributed by atoms with E-state index < -0.39 is 0 Å². The number of benzene rings is 4. The molecule has 0 atom stereocenters. The molecule has 5 heteroatoms. The van der Waals surface area contributed by atoms with Gasteiger partial charge < -0.3 is 9.52 Å². The van der Waals surface area contributed by atoms with Crippen molar-refractivity contribution in [2.45, 2.75) is 0 Å². The predicted molar refractivity (Wildman–Crippen MR) is 120 cm³/mol. The first-order chi connectivity index (χ1) is 14.2. The van der Waals surface area contributed by atoms with Crippen LogP contribution in [0.2, 0.25) is 0 Å². The molecule has 1 heterocycles. The van der Waals surface area contributed by atoms with E-state index >= 15 is 0 Å². The maximum Gasteiger partial charge on any atom is 0.227 e. The van der Waals surface area contributed by atoms with Crippen LogP contribution >= 0.6 is 15.9 Å². The SMILES string of the molecule is Oc1ccc2ccccc2c1C=Nc1ccc2oc(-c3cccc(Br)c3)nc2c1. The summed E-state index contributed by atoms with van der Waals surface area (Å²) in [4.78, 5) is 9.16. The van der Waals surface area contributed by atoms with Gasteiger partial charge in [-0.2, -0.15) is 0 Å². The topological polar surface area (TPSA) is 58.6 Å². The van der Waals surface area contributed by atoms with Gasteiger partial charge in [-0.3, -0.25) is 4.99 Å². The van der Waals surface area contributed by atoms with Gasteiger partial charge in [-0.05, 0) is 53.2 Å². The van der Waals surface area contributed by atoms with E-state index in [1.807, 2.05) is 72.8 Å². The molecule has 0 aliphatic rings. The second-order valence-corrected chi connectivity index (χ2v) is 7.57. The van der Waals surface area contributed by atoms with E-state index in [1.54, 1.807) is 12.3 Å². The lowest BCUT2D eigenvalue weighted by molar-refractivity contribution is 0.475. The Hall–Kier alpha value is -3.44. The molecule has 0 aliphatic heterocycles. The van der Waals surface area contributed by atoms with Gasteiger partial charge in [0, 0.05) is 21.8 Å². The molecule has 1 N–H and O–H groups in total. The van der Waals surface area contributed by atoms with Gasteiger partial charge in [0.25, 0.3) is 0 Å². The molecule has 5 rings (SSSR count). The molecule has 29 heavy (non-hydrogen) atoms. The fourth-order valence-electron chi connectivity index (χ4n) is 3.30. The van der Waals surface area contributed by atoms with Gasteiger partial charge in [0.1, 0.15) is 11.3 Å². The fraction of sp³-hybridized carbons (Fsp3) is 0. The Morgan fingerprint density at radius 2 is 1.83 bits per heavy atom.